The Hall–Kier alpha value is -1.81. The molecule has 1 N–H and O–H groups in total. The Morgan fingerprint density at radius 3 is 2.84 bits per heavy atom. The summed E-state index contributed by atoms with van der Waals surface area (Å²) in [6.45, 7) is 3.87. The molecule has 0 amide bonds. The Labute approximate surface area is 113 Å². The molecule has 0 fully saturated rings. The third-order valence-electron chi connectivity index (χ3n) is 3.13. The molecule has 0 radical (unpaired) electrons. The van der Waals surface area contributed by atoms with Crippen LogP contribution in [0.3, 0.4) is 0 Å². The van der Waals surface area contributed by atoms with E-state index in [-0.39, 0.29) is 0 Å². The number of nitrogens with zero attached hydrogens (tertiary/aromatic N) is 2. The van der Waals surface area contributed by atoms with Crippen molar-refractivity contribution in [2.45, 2.75) is 32.8 Å². The zero-order valence-corrected chi connectivity index (χ0v) is 11.6. The van der Waals surface area contributed by atoms with E-state index < -0.39 is 6.10 Å². The molecule has 1 aromatic carbocycles. The van der Waals surface area contributed by atoms with Crippen LogP contribution in [-0.2, 0) is 6.42 Å². The second-order valence-corrected chi connectivity index (χ2v) is 4.53. The van der Waals surface area contributed by atoms with Crippen molar-refractivity contribution in [1.82, 2.24) is 9.55 Å². The fourth-order valence-corrected chi connectivity index (χ4v) is 2.30. The molecule has 4 nitrogen and oxygen atoms in total. The van der Waals surface area contributed by atoms with Crippen molar-refractivity contribution >= 4 is 0 Å². The first-order valence-corrected chi connectivity index (χ1v) is 6.56. The van der Waals surface area contributed by atoms with E-state index in [4.69, 9.17) is 4.74 Å². The average molecular weight is 260 g/mol. The molecular weight excluding hydrogens is 240 g/mol. The molecule has 0 bridgehead atoms. The highest BCUT2D eigenvalue weighted by Gasteiger charge is 2.16. The van der Waals surface area contributed by atoms with E-state index in [2.05, 4.69) is 11.9 Å². The number of hydrogen-bond donors (Lipinski definition) is 1. The number of aliphatic hydroxyl groups excluding tert-OH is 1. The molecular formula is C15H20N2O2. The highest BCUT2D eigenvalue weighted by molar-refractivity contribution is 5.51. The van der Waals surface area contributed by atoms with Crippen LogP contribution in [0.2, 0.25) is 0 Å². The van der Waals surface area contributed by atoms with Gasteiger partial charge in [0.25, 0.3) is 0 Å². The molecule has 0 aliphatic rings. The third-order valence-corrected chi connectivity index (χ3v) is 3.13. The lowest BCUT2D eigenvalue weighted by Crippen LogP contribution is -2.07. The number of ether oxygens (including phenoxy) is 1. The van der Waals surface area contributed by atoms with E-state index in [0.29, 0.717) is 5.75 Å². The summed E-state index contributed by atoms with van der Waals surface area (Å²) >= 11 is 0. The van der Waals surface area contributed by atoms with Crippen molar-refractivity contribution in [2.24, 2.45) is 0 Å². The minimum Gasteiger partial charge on any atom is -0.496 e. The molecule has 19 heavy (non-hydrogen) atoms. The molecule has 1 aromatic heterocycles. The molecule has 0 saturated heterocycles. The van der Waals surface area contributed by atoms with Crippen molar-refractivity contribution in [3.8, 4) is 11.4 Å². The second-order valence-electron chi connectivity index (χ2n) is 4.53. The number of hydrogen-bond acceptors (Lipinski definition) is 3. The predicted molar refractivity (Wildman–Crippen MR) is 74.7 cm³/mol. The first kappa shape index (κ1) is 13.6. The van der Waals surface area contributed by atoms with E-state index in [0.717, 1.165) is 29.9 Å². The third kappa shape index (κ3) is 2.63. The quantitative estimate of drug-likeness (QED) is 0.899. The van der Waals surface area contributed by atoms with Crippen LogP contribution in [0.15, 0.2) is 30.6 Å². The zero-order valence-electron chi connectivity index (χ0n) is 11.6. The molecule has 0 spiro atoms. The maximum absolute atomic E-state index is 10.0. The van der Waals surface area contributed by atoms with Crippen LogP contribution in [0.4, 0.5) is 0 Å². The molecule has 2 aromatic rings. The Morgan fingerprint density at radius 1 is 1.42 bits per heavy atom. The Morgan fingerprint density at radius 2 is 2.21 bits per heavy atom. The summed E-state index contributed by atoms with van der Waals surface area (Å²) in [6, 6.07) is 5.77. The van der Waals surface area contributed by atoms with Gasteiger partial charge in [0.2, 0.25) is 0 Å². The van der Waals surface area contributed by atoms with E-state index in [9.17, 15) is 5.11 Å². The van der Waals surface area contributed by atoms with Crippen LogP contribution in [0.5, 0.6) is 5.75 Å². The molecule has 0 aliphatic heterocycles. The highest BCUT2D eigenvalue weighted by atomic mass is 16.5. The van der Waals surface area contributed by atoms with E-state index in [1.54, 1.807) is 20.2 Å². The van der Waals surface area contributed by atoms with Gasteiger partial charge in [0.1, 0.15) is 11.6 Å². The van der Waals surface area contributed by atoms with Crippen molar-refractivity contribution in [2.75, 3.05) is 7.11 Å². The van der Waals surface area contributed by atoms with Gasteiger partial charge in [-0.05, 0) is 25.5 Å². The van der Waals surface area contributed by atoms with Gasteiger partial charge in [-0.3, -0.25) is 0 Å². The number of benzene rings is 1. The number of aromatic nitrogens is 2. The first-order valence-electron chi connectivity index (χ1n) is 6.56. The van der Waals surface area contributed by atoms with Gasteiger partial charge < -0.3 is 14.4 Å². The Balaban J connectivity index is 2.58. The lowest BCUT2D eigenvalue weighted by atomic mass is 10.1. The molecule has 2 rings (SSSR count). The van der Waals surface area contributed by atoms with Crippen LogP contribution in [0.25, 0.3) is 5.69 Å². The van der Waals surface area contributed by atoms with Crippen LogP contribution in [0, 0.1) is 0 Å². The van der Waals surface area contributed by atoms with Gasteiger partial charge in [-0.2, -0.15) is 0 Å². The molecule has 1 heterocycles. The van der Waals surface area contributed by atoms with E-state index in [1.165, 1.54) is 0 Å². The Kier molecular flexibility index (Phi) is 4.22. The number of imidazole rings is 1. The summed E-state index contributed by atoms with van der Waals surface area (Å²) in [5.41, 5.74) is 1.72. The molecule has 0 aliphatic carbocycles. The van der Waals surface area contributed by atoms with Crippen LogP contribution < -0.4 is 4.74 Å². The standard InChI is InChI=1S/C15H20N2O2/c1-4-6-14-16-9-10-17(14)12-7-5-8-13(19-3)15(12)11(2)18/h5,7-11,18H,4,6H2,1-3H3/t11-/m1/s1. The van der Waals surface area contributed by atoms with Gasteiger partial charge in [0.05, 0.1) is 18.9 Å². The molecule has 0 saturated carbocycles. The largest absolute Gasteiger partial charge is 0.496 e. The van der Waals surface area contributed by atoms with Gasteiger partial charge in [-0.1, -0.05) is 13.0 Å². The smallest absolute Gasteiger partial charge is 0.126 e. The van der Waals surface area contributed by atoms with Gasteiger partial charge in [0.15, 0.2) is 0 Å². The topological polar surface area (TPSA) is 47.3 Å². The summed E-state index contributed by atoms with van der Waals surface area (Å²) in [4.78, 5) is 4.38. The average Bonchev–Trinajstić information content (AvgIpc) is 2.86. The second kappa shape index (κ2) is 5.89. The minimum atomic E-state index is -0.594. The predicted octanol–water partition coefficient (Wildman–Crippen LogP) is 2.89. The fraction of sp³-hybridized carbons (Fsp3) is 0.400. The monoisotopic (exact) mass is 260 g/mol. The molecule has 1 atom stereocenters. The first-order chi connectivity index (χ1) is 9.19. The summed E-state index contributed by atoms with van der Waals surface area (Å²) in [6.07, 6.45) is 5.05. The molecule has 4 heteroatoms. The summed E-state index contributed by atoms with van der Waals surface area (Å²) < 4.78 is 7.37. The van der Waals surface area contributed by atoms with Gasteiger partial charge in [-0.15, -0.1) is 0 Å². The highest BCUT2D eigenvalue weighted by Crippen LogP contribution is 2.31. The normalized spacial score (nSPS) is 12.4. The maximum Gasteiger partial charge on any atom is 0.126 e. The van der Waals surface area contributed by atoms with Gasteiger partial charge in [-0.25, -0.2) is 4.98 Å². The zero-order chi connectivity index (χ0) is 13.8. The van der Waals surface area contributed by atoms with E-state index >= 15 is 0 Å². The van der Waals surface area contributed by atoms with Crippen LogP contribution in [-0.4, -0.2) is 21.8 Å². The summed E-state index contributed by atoms with van der Waals surface area (Å²) in [7, 11) is 1.62. The molecule has 102 valence electrons. The Bertz CT molecular complexity index is 547. The molecule has 0 unspecified atom stereocenters. The van der Waals surface area contributed by atoms with Crippen molar-refractivity contribution in [3.05, 3.63) is 42.0 Å². The number of methoxy groups -OCH3 is 1. The van der Waals surface area contributed by atoms with Crippen molar-refractivity contribution in [3.63, 3.8) is 0 Å². The lowest BCUT2D eigenvalue weighted by Gasteiger charge is -2.18. The maximum atomic E-state index is 10.0. The number of rotatable bonds is 5. The van der Waals surface area contributed by atoms with Gasteiger partial charge in [0, 0.05) is 24.4 Å². The van der Waals surface area contributed by atoms with E-state index in [1.807, 2.05) is 29.0 Å². The fourth-order valence-electron chi connectivity index (χ4n) is 2.30. The van der Waals surface area contributed by atoms with Gasteiger partial charge >= 0.3 is 0 Å². The SMILES string of the molecule is CCCc1nccn1-c1cccc(OC)c1[C@@H](C)O. The summed E-state index contributed by atoms with van der Waals surface area (Å²) in [5, 5.41) is 10.0. The van der Waals surface area contributed by atoms with Crippen molar-refractivity contribution in [1.29, 1.82) is 0 Å². The van der Waals surface area contributed by atoms with Crippen LogP contribution in [0.1, 0.15) is 37.8 Å². The summed E-state index contributed by atoms with van der Waals surface area (Å²) in [5.74, 6) is 1.70. The van der Waals surface area contributed by atoms with Crippen LogP contribution >= 0.6 is 0 Å². The van der Waals surface area contributed by atoms with Crippen molar-refractivity contribution < 1.29 is 9.84 Å². The number of aliphatic hydroxyl groups is 1. The number of aryl methyl sites for hydroxylation is 1. The minimum absolute atomic E-state index is 0.594. The lowest BCUT2D eigenvalue weighted by molar-refractivity contribution is 0.194.